The van der Waals surface area contributed by atoms with Crippen molar-refractivity contribution in [1.82, 2.24) is 10.9 Å². The summed E-state index contributed by atoms with van der Waals surface area (Å²) in [5.74, 6) is -0.253. The Bertz CT molecular complexity index is 769. The van der Waals surface area contributed by atoms with Gasteiger partial charge in [-0.3, -0.25) is 10.2 Å². The van der Waals surface area contributed by atoms with Gasteiger partial charge in [-0.25, -0.2) is 10.2 Å². The highest BCUT2D eigenvalue weighted by Gasteiger charge is 2.17. The zero-order valence-electron chi connectivity index (χ0n) is 13.0. The van der Waals surface area contributed by atoms with Crippen LogP contribution in [-0.4, -0.2) is 18.0 Å². The maximum Gasteiger partial charge on any atom is 0.337 e. The Hall–Kier alpha value is -2.15. The van der Waals surface area contributed by atoms with E-state index in [1.54, 1.807) is 36.4 Å². The summed E-state index contributed by atoms with van der Waals surface area (Å²) in [7, 11) is 0. The molecule has 0 saturated carbocycles. The first kappa shape index (κ1) is 19.2. The van der Waals surface area contributed by atoms with Gasteiger partial charge in [-0.1, -0.05) is 34.8 Å². The smallest absolute Gasteiger partial charge is 0.337 e. The summed E-state index contributed by atoms with van der Waals surface area (Å²) >= 11 is 17.5. The quantitative estimate of drug-likeness (QED) is 0.668. The zero-order valence-corrected chi connectivity index (χ0v) is 15.2. The Balaban J connectivity index is 1.82. The largest absolute Gasteiger partial charge is 0.479 e. The lowest BCUT2D eigenvalue weighted by molar-refractivity contribution is -0.127. The van der Waals surface area contributed by atoms with Crippen molar-refractivity contribution in [2.45, 2.75) is 13.0 Å². The van der Waals surface area contributed by atoms with Gasteiger partial charge in [-0.15, -0.1) is 0 Å². The average Bonchev–Trinajstić information content (AvgIpc) is 2.57. The minimum atomic E-state index is -0.894. The number of hydrazine groups is 1. The second-order valence-corrected chi connectivity index (χ2v) is 6.19. The molecule has 9 heteroatoms. The van der Waals surface area contributed by atoms with E-state index in [0.717, 1.165) is 0 Å². The molecule has 0 saturated heterocycles. The molecule has 2 aromatic carbocycles. The highest BCUT2D eigenvalue weighted by Crippen LogP contribution is 2.28. The maximum absolute atomic E-state index is 12.0. The van der Waals surface area contributed by atoms with Gasteiger partial charge in [-0.2, -0.15) is 0 Å². The standard InChI is InChI=1S/C16H14Cl3N3O3/c1-9(25-14-7-4-11(18)8-13(14)19)15(23)21-22-16(24)20-12-5-2-10(17)3-6-12/h2-9H,1H3,(H,21,23)(H2,20,22,24). The first-order valence-corrected chi connectivity index (χ1v) is 8.22. The molecule has 132 valence electrons. The van der Waals surface area contributed by atoms with Crippen molar-refractivity contribution in [2.24, 2.45) is 0 Å². The minimum Gasteiger partial charge on any atom is -0.479 e. The van der Waals surface area contributed by atoms with Gasteiger partial charge in [0.05, 0.1) is 5.02 Å². The molecule has 0 aliphatic heterocycles. The minimum absolute atomic E-state index is 0.278. The number of halogens is 3. The normalized spacial score (nSPS) is 11.4. The lowest BCUT2D eigenvalue weighted by Gasteiger charge is -2.16. The van der Waals surface area contributed by atoms with E-state index < -0.39 is 18.0 Å². The van der Waals surface area contributed by atoms with Gasteiger partial charge in [0, 0.05) is 15.7 Å². The number of anilines is 1. The fraction of sp³-hybridized carbons (Fsp3) is 0.125. The van der Waals surface area contributed by atoms with Gasteiger partial charge in [0.2, 0.25) is 0 Å². The molecule has 0 radical (unpaired) electrons. The summed E-state index contributed by atoms with van der Waals surface area (Å²) in [6, 6.07) is 10.5. The van der Waals surface area contributed by atoms with Crippen molar-refractivity contribution in [2.75, 3.05) is 5.32 Å². The van der Waals surface area contributed by atoms with E-state index in [2.05, 4.69) is 16.2 Å². The van der Waals surface area contributed by atoms with Crippen molar-refractivity contribution < 1.29 is 14.3 Å². The van der Waals surface area contributed by atoms with Crippen molar-refractivity contribution in [3.8, 4) is 5.75 Å². The molecule has 0 fully saturated rings. The second kappa shape index (κ2) is 8.80. The number of benzene rings is 2. The summed E-state index contributed by atoms with van der Waals surface area (Å²) < 4.78 is 5.44. The molecule has 0 aliphatic carbocycles. The molecule has 25 heavy (non-hydrogen) atoms. The third-order valence-corrected chi connectivity index (χ3v) is 3.75. The van der Waals surface area contributed by atoms with Crippen LogP contribution in [0.15, 0.2) is 42.5 Å². The molecule has 0 spiro atoms. The third kappa shape index (κ3) is 6.01. The van der Waals surface area contributed by atoms with Crippen LogP contribution in [0.1, 0.15) is 6.92 Å². The van der Waals surface area contributed by atoms with E-state index in [1.807, 2.05) is 0 Å². The van der Waals surface area contributed by atoms with Crippen LogP contribution < -0.4 is 20.9 Å². The molecule has 0 aromatic heterocycles. The Morgan fingerprint density at radius 1 is 0.960 bits per heavy atom. The van der Waals surface area contributed by atoms with E-state index >= 15 is 0 Å². The molecule has 3 N–H and O–H groups in total. The van der Waals surface area contributed by atoms with Crippen LogP contribution >= 0.6 is 34.8 Å². The third-order valence-electron chi connectivity index (χ3n) is 2.97. The first-order valence-electron chi connectivity index (χ1n) is 7.09. The van der Waals surface area contributed by atoms with Crippen molar-refractivity contribution in [1.29, 1.82) is 0 Å². The number of amides is 3. The number of ether oxygens (including phenoxy) is 1. The highest BCUT2D eigenvalue weighted by molar-refractivity contribution is 6.35. The van der Waals surface area contributed by atoms with Gasteiger partial charge < -0.3 is 10.1 Å². The van der Waals surface area contributed by atoms with E-state index in [1.165, 1.54) is 13.0 Å². The summed E-state index contributed by atoms with van der Waals surface area (Å²) in [6.45, 7) is 1.51. The van der Waals surface area contributed by atoms with E-state index in [9.17, 15) is 9.59 Å². The second-order valence-electron chi connectivity index (χ2n) is 4.91. The van der Waals surface area contributed by atoms with Crippen LogP contribution in [0.2, 0.25) is 15.1 Å². The molecule has 1 unspecified atom stereocenters. The highest BCUT2D eigenvalue weighted by atomic mass is 35.5. The van der Waals surface area contributed by atoms with E-state index in [4.69, 9.17) is 39.5 Å². The van der Waals surface area contributed by atoms with E-state index in [0.29, 0.717) is 21.5 Å². The van der Waals surface area contributed by atoms with Crippen molar-refractivity contribution >= 4 is 52.4 Å². The van der Waals surface area contributed by atoms with Gasteiger partial charge in [0.25, 0.3) is 5.91 Å². The molecule has 0 heterocycles. The zero-order chi connectivity index (χ0) is 18.4. The van der Waals surface area contributed by atoms with Crippen LogP contribution in [0, 0.1) is 0 Å². The number of hydrogen-bond donors (Lipinski definition) is 3. The first-order chi connectivity index (χ1) is 11.8. The fourth-order valence-corrected chi connectivity index (χ4v) is 2.31. The molecular weight excluding hydrogens is 389 g/mol. The van der Waals surface area contributed by atoms with Gasteiger partial charge in [0.1, 0.15) is 5.75 Å². The molecule has 6 nitrogen and oxygen atoms in total. The monoisotopic (exact) mass is 401 g/mol. The van der Waals surface area contributed by atoms with Gasteiger partial charge in [0.15, 0.2) is 6.10 Å². The number of carbonyl (C=O) groups excluding carboxylic acids is 2. The van der Waals surface area contributed by atoms with Crippen molar-refractivity contribution in [3.63, 3.8) is 0 Å². The Morgan fingerprint density at radius 2 is 1.60 bits per heavy atom. The molecule has 1 atom stereocenters. The number of rotatable bonds is 4. The number of hydrogen-bond acceptors (Lipinski definition) is 3. The SMILES string of the molecule is CC(Oc1ccc(Cl)cc1Cl)C(=O)NNC(=O)Nc1ccc(Cl)cc1. The van der Waals surface area contributed by atoms with Gasteiger partial charge in [-0.05, 0) is 49.4 Å². The maximum atomic E-state index is 12.0. The lowest BCUT2D eigenvalue weighted by atomic mass is 10.3. The number of urea groups is 1. The molecular formula is C16H14Cl3N3O3. The van der Waals surface area contributed by atoms with Crippen molar-refractivity contribution in [3.05, 3.63) is 57.5 Å². The fourth-order valence-electron chi connectivity index (χ4n) is 1.73. The number of nitrogens with one attached hydrogen (secondary N) is 3. The van der Waals surface area contributed by atoms with Crippen LogP contribution in [0.5, 0.6) is 5.75 Å². The summed E-state index contributed by atoms with van der Waals surface area (Å²) in [6.07, 6.45) is -0.894. The Morgan fingerprint density at radius 3 is 2.24 bits per heavy atom. The van der Waals surface area contributed by atoms with Crippen LogP contribution in [0.4, 0.5) is 10.5 Å². The van der Waals surface area contributed by atoms with Crippen LogP contribution in [-0.2, 0) is 4.79 Å². The number of carbonyl (C=O) groups is 2. The average molecular weight is 403 g/mol. The molecule has 2 aromatic rings. The molecule has 0 aliphatic rings. The lowest BCUT2D eigenvalue weighted by Crippen LogP contribution is -2.48. The molecule has 3 amide bonds. The summed E-state index contributed by atoms with van der Waals surface area (Å²) in [5.41, 5.74) is 4.98. The Kier molecular flexibility index (Phi) is 6.75. The van der Waals surface area contributed by atoms with Crippen LogP contribution in [0.3, 0.4) is 0 Å². The molecule has 0 bridgehead atoms. The van der Waals surface area contributed by atoms with Gasteiger partial charge >= 0.3 is 6.03 Å². The summed E-state index contributed by atoms with van der Waals surface area (Å²) in [5, 5.41) is 3.81. The van der Waals surface area contributed by atoms with E-state index in [-0.39, 0.29) is 5.02 Å². The molecule has 2 rings (SSSR count). The van der Waals surface area contributed by atoms with Crippen LogP contribution in [0.25, 0.3) is 0 Å². The predicted octanol–water partition coefficient (Wildman–Crippen LogP) is 4.27. The Labute approximate surface area is 159 Å². The topological polar surface area (TPSA) is 79.5 Å². The predicted molar refractivity (Wildman–Crippen MR) is 98.3 cm³/mol. The summed E-state index contributed by atoms with van der Waals surface area (Å²) in [4.78, 5) is 23.7.